The zero-order chi connectivity index (χ0) is 17.4. The average molecular weight is 460 g/mol. The first kappa shape index (κ1) is 22.0. The molecule has 1 atom stereocenters. The largest absolute Gasteiger partial charge is 0.492 e. The highest BCUT2D eigenvalue weighted by molar-refractivity contribution is 14.0. The number of aliphatic imine (C=N–C) groups is 1. The van der Waals surface area contributed by atoms with Crippen LogP contribution in [0.1, 0.15) is 25.3 Å². The molecule has 1 heterocycles. The summed E-state index contributed by atoms with van der Waals surface area (Å²) < 4.78 is 5.94. The summed E-state index contributed by atoms with van der Waals surface area (Å²) in [6.45, 7) is 6.83. The molecular weight excluding hydrogens is 427 g/mol. The van der Waals surface area contributed by atoms with Crippen LogP contribution < -0.4 is 10.1 Å². The Hall–Kier alpha value is -1.02. The molecule has 1 aromatic carbocycles. The number of nitrogens with zero attached hydrogens (tertiary/aromatic N) is 3. The van der Waals surface area contributed by atoms with Crippen LogP contribution in [0.5, 0.6) is 5.75 Å². The van der Waals surface area contributed by atoms with Crippen molar-refractivity contribution < 1.29 is 4.74 Å². The number of piperidine rings is 1. The quantitative estimate of drug-likeness (QED) is 0.403. The lowest BCUT2D eigenvalue weighted by atomic mass is 10.0. The van der Waals surface area contributed by atoms with Crippen LogP contribution >= 0.6 is 24.0 Å². The number of nitrogens with one attached hydrogen (secondary N) is 1. The van der Waals surface area contributed by atoms with Crippen molar-refractivity contribution >= 4 is 29.9 Å². The van der Waals surface area contributed by atoms with E-state index >= 15 is 0 Å². The molecule has 0 saturated carbocycles. The van der Waals surface area contributed by atoms with E-state index in [0.717, 1.165) is 43.8 Å². The number of rotatable bonds is 6. The molecule has 2 rings (SSSR count). The van der Waals surface area contributed by atoms with Crippen LogP contribution in [0.3, 0.4) is 0 Å². The molecule has 0 amide bonds. The van der Waals surface area contributed by atoms with Crippen molar-refractivity contribution in [2.24, 2.45) is 10.9 Å². The highest BCUT2D eigenvalue weighted by atomic mass is 127. The Morgan fingerprint density at radius 1 is 1.36 bits per heavy atom. The Bertz CT molecular complexity index is 536. The first-order valence-corrected chi connectivity index (χ1v) is 8.91. The van der Waals surface area contributed by atoms with E-state index in [1.54, 1.807) is 0 Å². The fourth-order valence-corrected chi connectivity index (χ4v) is 3.02. The second kappa shape index (κ2) is 11.6. The minimum Gasteiger partial charge on any atom is -0.492 e. The molecular formula is C19H33IN4O. The van der Waals surface area contributed by atoms with E-state index in [0.29, 0.717) is 6.61 Å². The molecule has 5 nitrogen and oxygen atoms in total. The highest BCUT2D eigenvalue weighted by Gasteiger charge is 2.19. The third kappa shape index (κ3) is 7.40. The molecule has 1 saturated heterocycles. The fourth-order valence-electron chi connectivity index (χ4n) is 3.02. The second-order valence-electron chi connectivity index (χ2n) is 6.85. The SMILES string of the molecule is CN=C(NCc1ccccc1OCCN(C)C)N1CCCC(C)C1.I. The molecule has 1 fully saturated rings. The zero-order valence-corrected chi connectivity index (χ0v) is 18.3. The molecule has 0 bridgehead atoms. The van der Waals surface area contributed by atoms with Crippen molar-refractivity contribution in [1.29, 1.82) is 0 Å². The topological polar surface area (TPSA) is 40.1 Å². The fraction of sp³-hybridized carbons (Fsp3) is 0.632. The summed E-state index contributed by atoms with van der Waals surface area (Å²) in [6.07, 6.45) is 2.56. The summed E-state index contributed by atoms with van der Waals surface area (Å²) in [5.74, 6) is 2.68. The molecule has 0 spiro atoms. The van der Waals surface area contributed by atoms with Crippen molar-refractivity contribution in [3.8, 4) is 5.75 Å². The Kier molecular flexibility index (Phi) is 10.2. The van der Waals surface area contributed by atoms with Crippen molar-refractivity contribution in [2.75, 3.05) is 47.4 Å². The number of ether oxygens (including phenoxy) is 1. The third-order valence-corrected chi connectivity index (χ3v) is 4.37. The van der Waals surface area contributed by atoms with Gasteiger partial charge in [0.25, 0.3) is 0 Å². The maximum Gasteiger partial charge on any atom is 0.193 e. The van der Waals surface area contributed by atoms with Crippen LogP contribution in [0.15, 0.2) is 29.3 Å². The van der Waals surface area contributed by atoms with Gasteiger partial charge in [-0.3, -0.25) is 4.99 Å². The molecule has 1 unspecified atom stereocenters. The van der Waals surface area contributed by atoms with Gasteiger partial charge in [-0.1, -0.05) is 25.1 Å². The van der Waals surface area contributed by atoms with Gasteiger partial charge in [0.2, 0.25) is 0 Å². The van der Waals surface area contributed by atoms with Gasteiger partial charge in [-0.25, -0.2) is 0 Å². The van der Waals surface area contributed by atoms with Crippen LogP contribution in [-0.4, -0.2) is 63.1 Å². The van der Waals surface area contributed by atoms with Crippen molar-refractivity contribution in [1.82, 2.24) is 15.1 Å². The average Bonchev–Trinajstić information content (AvgIpc) is 2.56. The molecule has 0 radical (unpaired) electrons. The monoisotopic (exact) mass is 460 g/mol. The van der Waals surface area contributed by atoms with Crippen LogP contribution in [-0.2, 0) is 6.54 Å². The van der Waals surface area contributed by atoms with Gasteiger partial charge in [0, 0.05) is 38.8 Å². The van der Waals surface area contributed by atoms with Crippen molar-refractivity contribution in [3.63, 3.8) is 0 Å². The summed E-state index contributed by atoms with van der Waals surface area (Å²) in [7, 11) is 5.97. The number of halogens is 1. The van der Waals surface area contributed by atoms with Gasteiger partial charge in [0.05, 0.1) is 0 Å². The summed E-state index contributed by atoms with van der Waals surface area (Å²) in [6, 6.07) is 8.24. The van der Waals surface area contributed by atoms with E-state index in [2.05, 4.69) is 53.3 Å². The number of hydrogen-bond acceptors (Lipinski definition) is 3. The number of likely N-dealkylation sites (tertiary alicyclic amines) is 1. The van der Waals surface area contributed by atoms with E-state index in [1.165, 1.54) is 18.4 Å². The minimum absolute atomic E-state index is 0. The lowest BCUT2D eigenvalue weighted by Gasteiger charge is -2.33. The molecule has 25 heavy (non-hydrogen) atoms. The Morgan fingerprint density at radius 2 is 2.12 bits per heavy atom. The number of benzene rings is 1. The van der Waals surface area contributed by atoms with Gasteiger partial charge in [0.15, 0.2) is 5.96 Å². The minimum atomic E-state index is 0. The molecule has 142 valence electrons. The Labute approximate surface area is 169 Å². The first-order chi connectivity index (χ1) is 11.6. The van der Waals surface area contributed by atoms with Crippen molar-refractivity contribution in [3.05, 3.63) is 29.8 Å². The lowest BCUT2D eigenvalue weighted by Crippen LogP contribution is -2.45. The maximum absolute atomic E-state index is 5.94. The van der Waals surface area contributed by atoms with Crippen LogP contribution in [0.25, 0.3) is 0 Å². The second-order valence-corrected chi connectivity index (χ2v) is 6.85. The predicted molar refractivity (Wildman–Crippen MR) is 116 cm³/mol. The van der Waals surface area contributed by atoms with Gasteiger partial charge in [-0.2, -0.15) is 0 Å². The smallest absolute Gasteiger partial charge is 0.193 e. The lowest BCUT2D eigenvalue weighted by molar-refractivity contribution is 0.258. The van der Waals surface area contributed by atoms with Crippen molar-refractivity contribution in [2.45, 2.75) is 26.3 Å². The van der Waals surface area contributed by atoms with Gasteiger partial charge in [0.1, 0.15) is 12.4 Å². The number of para-hydroxylation sites is 1. The normalized spacial score (nSPS) is 18.0. The first-order valence-electron chi connectivity index (χ1n) is 8.91. The van der Waals surface area contributed by atoms with E-state index in [1.807, 2.05) is 19.2 Å². The van der Waals surface area contributed by atoms with Crippen LogP contribution in [0.2, 0.25) is 0 Å². The number of likely N-dealkylation sites (N-methyl/N-ethyl adjacent to an activating group) is 1. The molecule has 0 aromatic heterocycles. The zero-order valence-electron chi connectivity index (χ0n) is 16.0. The molecule has 1 aromatic rings. The van der Waals surface area contributed by atoms with Gasteiger partial charge < -0.3 is 19.9 Å². The summed E-state index contributed by atoms with van der Waals surface area (Å²) >= 11 is 0. The highest BCUT2D eigenvalue weighted by Crippen LogP contribution is 2.19. The summed E-state index contributed by atoms with van der Waals surface area (Å²) in [5, 5.41) is 3.50. The van der Waals surface area contributed by atoms with E-state index < -0.39 is 0 Å². The van der Waals surface area contributed by atoms with E-state index in [-0.39, 0.29) is 24.0 Å². The molecule has 1 aliphatic rings. The summed E-state index contributed by atoms with van der Waals surface area (Å²) in [4.78, 5) is 8.95. The predicted octanol–water partition coefficient (Wildman–Crippen LogP) is 3.05. The molecule has 0 aliphatic carbocycles. The number of guanidine groups is 1. The Morgan fingerprint density at radius 3 is 2.80 bits per heavy atom. The number of hydrogen-bond donors (Lipinski definition) is 1. The standard InChI is InChI=1S/C19H32N4O.HI/c1-16-8-7-11-23(15-16)19(20-2)21-14-17-9-5-6-10-18(17)24-13-12-22(3)4;/h5-6,9-10,16H,7-8,11-15H2,1-4H3,(H,20,21);1H. The molecule has 6 heteroatoms. The third-order valence-electron chi connectivity index (χ3n) is 4.37. The Balaban J connectivity index is 0.00000312. The molecule has 1 N–H and O–H groups in total. The van der Waals surface area contributed by atoms with E-state index in [4.69, 9.17) is 4.74 Å². The van der Waals surface area contributed by atoms with Crippen LogP contribution in [0.4, 0.5) is 0 Å². The van der Waals surface area contributed by atoms with E-state index in [9.17, 15) is 0 Å². The maximum atomic E-state index is 5.94. The van der Waals surface area contributed by atoms with Gasteiger partial charge in [-0.15, -0.1) is 24.0 Å². The summed E-state index contributed by atoms with van der Waals surface area (Å²) in [5.41, 5.74) is 1.17. The van der Waals surface area contributed by atoms with Gasteiger partial charge >= 0.3 is 0 Å². The van der Waals surface area contributed by atoms with Crippen LogP contribution in [0, 0.1) is 5.92 Å². The molecule has 1 aliphatic heterocycles. The van der Waals surface area contributed by atoms with Gasteiger partial charge in [-0.05, 0) is 38.9 Å².